The number of ether oxygens (including phenoxy) is 1. The number of aryl methyl sites for hydroxylation is 1. The highest BCUT2D eigenvalue weighted by Crippen LogP contribution is 2.37. The highest BCUT2D eigenvalue weighted by Gasteiger charge is 2.22. The van der Waals surface area contributed by atoms with E-state index < -0.39 is 6.16 Å². The molecule has 0 unspecified atom stereocenters. The first kappa shape index (κ1) is 12.0. The van der Waals surface area contributed by atoms with Crippen molar-refractivity contribution in [2.24, 2.45) is 0 Å². The van der Waals surface area contributed by atoms with Gasteiger partial charge in [0.1, 0.15) is 11.5 Å². The largest absolute Gasteiger partial charge is 0.511 e. The molecule has 17 heavy (non-hydrogen) atoms. The summed E-state index contributed by atoms with van der Waals surface area (Å²) in [6.07, 6.45) is 5.36. The Labute approximate surface area is 101 Å². The van der Waals surface area contributed by atoms with E-state index in [1.807, 2.05) is 6.92 Å². The summed E-state index contributed by atoms with van der Waals surface area (Å²) in [7, 11) is 0. The average Bonchev–Trinajstić information content (AvgIpc) is 2.72. The van der Waals surface area contributed by atoms with Crippen molar-refractivity contribution in [1.82, 2.24) is 0 Å². The molecule has 0 atom stereocenters. The second-order valence-corrected chi connectivity index (χ2v) is 4.49. The first-order valence-corrected chi connectivity index (χ1v) is 6.24. The van der Waals surface area contributed by atoms with Crippen LogP contribution in [0.2, 0.25) is 0 Å². The molecule has 0 spiro atoms. The van der Waals surface area contributed by atoms with E-state index >= 15 is 0 Å². The van der Waals surface area contributed by atoms with Gasteiger partial charge < -0.3 is 14.3 Å². The number of rotatable bonds is 3. The Hall–Kier alpha value is -1.45. The summed E-state index contributed by atoms with van der Waals surface area (Å²) in [5.41, 5.74) is 0. The predicted molar refractivity (Wildman–Crippen MR) is 62.6 cm³/mol. The molecule has 0 aliphatic heterocycles. The topological polar surface area (TPSA) is 59.7 Å². The van der Waals surface area contributed by atoms with Crippen molar-refractivity contribution in [1.29, 1.82) is 0 Å². The van der Waals surface area contributed by atoms with Crippen molar-refractivity contribution in [2.75, 3.05) is 0 Å². The zero-order chi connectivity index (χ0) is 12.3. The van der Waals surface area contributed by atoms with Crippen LogP contribution in [-0.2, 0) is 6.42 Å². The number of carbonyl (C=O) groups is 1. The fourth-order valence-electron chi connectivity index (χ4n) is 2.45. The van der Waals surface area contributed by atoms with Gasteiger partial charge in [-0.25, -0.2) is 4.79 Å². The molecule has 1 aliphatic carbocycles. The molecule has 0 radical (unpaired) electrons. The average molecular weight is 238 g/mol. The number of hydrogen-bond donors (Lipinski definition) is 1. The minimum atomic E-state index is -1.28. The molecule has 4 nitrogen and oxygen atoms in total. The minimum Gasteiger partial charge on any atom is -0.462 e. The minimum absolute atomic E-state index is 0.362. The van der Waals surface area contributed by atoms with Gasteiger partial charge in [-0.05, 0) is 12.8 Å². The van der Waals surface area contributed by atoms with E-state index in [0.717, 1.165) is 18.6 Å². The van der Waals surface area contributed by atoms with Crippen LogP contribution in [-0.4, -0.2) is 11.3 Å². The van der Waals surface area contributed by atoms with Gasteiger partial charge in [0.05, 0.1) is 0 Å². The quantitative estimate of drug-likeness (QED) is 0.810. The van der Waals surface area contributed by atoms with Gasteiger partial charge in [0.25, 0.3) is 0 Å². The predicted octanol–water partition coefficient (Wildman–Crippen LogP) is 3.95. The van der Waals surface area contributed by atoms with Gasteiger partial charge in [-0.2, -0.15) is 0 Å². The molecule has 0 saturated heterocycles. The van der Waals surface area contributed by atoms with Crippen molar-refractivity contribution in [3.05, 3.63) is 17.6 Å². The Morgan fingerprint density at radius 1 is 1.47 bits per heavy atom. The van der Waals surface area contributed by atoms with E-state index in [1.165, 1.54) is 19.3 Å². The first-order valence-electron chi connectivity index (χ1n) is 6.24. The molecule has 0 aromatic carbocycles. The van der Waals surface area contributed by atoms with Crippen LogP contribution in [0.1, 0.15) is 56.5 Å². The number of hydrogen-bond acceptors (Lipinski definition) is 3. The molecule has 1 saturated carbocycles. The molecule has 0 bridgehead atoms. The second kappa shape index (κ2) is 5.25. The van der Waals surface area contributed by atoms with E-state index in [2.05, 4.69) is 0 Å². The fourth-order valence-corrected chi connectivity index (χ4v) is 2.45. The lowest BCUT2D eigenvalue weighted by atomic mass is 9.88. The van der Waals surface area contributed by atoms with E-state index in [4.69, 9.17) is 14.3 Å². The molecular weight excluding hydrogens is 220 g/mol. The second-order valence-electron chi connectivity index (χ2n) is 4.49. The third-order valence-corrected chi connectivity index (χ3v) is 3.32. The summed E-state index contributed by atoms with van der Waals surface area (Å²) >= 11 is 0. The molecule has 1 heterocycles. The van der Waals surface area contributed by atoms with Crippen LogP contribution in [0.5, 0.6) is 5.75 Å². The summed E-state index contributed by atoms with van der Waals surface area (Å²) in [6.45, 7) is 1.93. The standard InChI is InChI=1S/C13H18O4/c1-2-10-12(17-13(14)15)8-11(16-10)9-6-4-3-5-7-9/h8-9H,2-7H2,1H3,(H,14,15). The molecule has 94 valence electrons. The normalized spacial score (nSPS) is 17.0. The van der Waals surface area contributed by atoms with E-state index in [9.17, 15) is 4.79 Å². The maximum atomic E-state index is 10.6. The zero-order valence-corrected chi connectivity index (χ0v) is 10.1. The van der Waals surface area contributed by atoms with Gasteiger partial charge in [0.2, 0.25) is 0 Å². The third-order valence-electron chi connectivity index (χ3n) is 3.32. The first-order chi connectivity index (χ1) is 8.20. The van der Waals surface area contributed by atoms with Crippen molar-refractivity contribution in [3.8, 4) is 5.75 Å². The van der Waals surface area contributed by atoms with Crippen molar-refractivity contribution in [2.45, 2.75) is 51.4 Å². The molecule has 1 aliphatic rings. The van der Waals surface area contributed by atoms with Gasteiger partial charge >= 0.3 is 6.16 Å². The van der Waals surface area contributed by atoms with Crippen molar-refractivity contribution in [3.63, 3.8) is 0 Å². The molecule has 1 aromatic rings. The van der Waals surface area contributed by atoms with Gasteiger partial charge in [0.15, 0.2) is 5.75 Å². The van der Waals surface area contributed by atoms with Crippen molar-refractivity contribution < 1.29 is 19.1 Å². The smallest absolute Gasteiger partial charge is 0.462 e. The maximum absolute atomic E-state index is 10.6. The van der Waals surface area contributed by atoms with Gasteiger partial charge in [-0.1, -0.05) is 26.2 Å². The van der Waals surface area contributed by atoms with E-state index in [1.54, 1.807) is 6.07 Å². The lowest BCUT2D eigenvalue weighted by Crippen LogP contribution is -2.04. The van der Waals surface area contributed by atoms with Crippen LogP contribution in [0, 0.1) is 0 Å². The van der Waals surface area contributed by atoms with Crippen LogP contribution < -0.4 is 4.74 Å². The van der Waals surface area contributed by atoms with Gasteiger partial charge in [-0.3, -0.25) is 0 Å². The maximum Gasteiger partial charge on any atom is 0.511 e. The molecule has 4 heteroatoms. The van der Waals surface area contributed by atoms with E-state index in [0.29, 0.717) is 23.8 Å². The Bertz CT molecular complexity index is 388. The lowest BCUT2D eigenvalue weighted by molar-refractivity contribution is 0.143. The monoisotopic (exact) mass is 238 g/mol. The van der Waals surface area contributed by atoms with E-state index in [-0.39, 0.29) is 0 Å². The zero-order valence-electron chi connectivity index (χ0n) is 10.1. The van der Waals surface area contributed by atoms with Crippen LogP contribution in [0.25, 0.3) is 0 Å². The summed E-state index contributed by atoms with van der Waals surface area (Å²) in [5, 5.41) is 8.64. The fraction of sp³-hybridized carbons (Fsp3) is 0.615. The molecular formula is C13H18O4. The Kier molecular flexibility index (Phi) is 3.71. The lowest BCUT2D eigenvalue weighted by Gasteiger charge is -2.18. The molecule has 1 fully saturated rings. The molecule has 0 amide bonds. The summed E-state index contributed by atoms with van der Waals surface area (Å²) < 4.78 is 10.4. The van der Waals surface area contributed by atoms with Gasteiger partial charge in [-0.15, -0.1) is 0 Å². The highest BCUT2D eigenvalue weighted by atomic mass is 16.7. The highest BCUT2D eigenvalue weighted by molar-refractivity contribution is 5.61. The Balaban J connectivity index is 2.17. The summed E-state index contributed by atoms with van der Waals surface area (Å²) in [6, 6.07) is 1.75. The molecule has 2 rings (SSSR count). The third kappa shape index (κ3) is 2.81. The molecule has 1 aromatic heterocycles. The summed E-state index contributed by atoms with van der Waals surface area (Å²) in [5.74, 6) is 2.31. The Morgan fingerprint density at radius 2 is 2.18 bits per heavy atom. The van der Waals surface area contributed by atoms with Crippen LogP contribution in [0.4, 0.5) is 4.79 Å². The van der Waals surface area contributed by atoms with Crippen LogP contribution in [0.15, 0.2) is 10.5 Å². The van der Waals surface area contributed by atoms with Crippen molar-refractivity contribution >= 4 is 6.16 Å². The SMILES string of the molecule is CCc1oc(C2CCCCC2)cc1OC(=O)O. The Morgan fingerprint density at radius 3 is 2.76 bits per heavy atom. The van der Waals surface area contributed by atoms with Crippen LogP contribution >= 0.6 is 0 Å². The summed E-state index contributed by atoms with van der Waals surface area (Å²) in [4.78, 5) is 10.6. The molecule has 1 N–H and O–H groups in total. The van der Waals surface area contributed by atoms with Crippen LogP contribution in [0.3, 0.4) is 0 Å². The number of furan rings is 1. The van der Waals surface area contributed by atoms with Gasteiger partial charge in [0, 0.05) is 18.4 Å². The number of carboxylic acid groups (broad SMARTS) is 1.